The summed E-state index contributed by atoms with van der Waals surface area (Å²) in [4.78, 5) is 7.17. The van der Waals surface area contributed by atoms with Crippen molar-refractivity contribution >= 4 is 5.96 Å². The quantitative estimate of drug-likeness (QED) is 0.432. The number of nitrogens with one attached hydrogen (secondary N) is 1. The first-order valence-electron chi connectivity index (χ1n) is 8.96. The Balaban J connectivity index is 1.82. The Morgan fingerprint density at radius 1 is 1.48 bits per heavy atom. The Morgan fingerprint density at radius 2 is 2.39 bits per heavy atom. The van der Waals surface area contributed by atoms with Crippen LogP contribution in [0, 0.1) is 5.92 Å². The minimum absolute atomic E-state index is 0.623. The molecule has 0 amide bonds. The van der Waals surface area contributed by atoms with E-state index in [-0.39, 0.29) is 0 Å². The van der Waals surface area contributed by atoms with E-state index in [4.69, 9.17) is 14.1 Å². The highest BCUT2D eigenvalue weighted by Gasteiger charge is 2.24. The highest BCUT2D eigenvalue weighted by Crippen LogP contribution is 2.16. The van der Waals surface area contributed by atoms with Crippen LogP contribution in [0.3, 0.4) is 0 Å². The van der Waals surface area contributed by atoms with E-state index in [1.54, 1.807) is 6.26 Å². The number of hydrogen-bond donors (Lipinski definition) is 1. The molecule has 1 unspecified atom stereocenters. The number of nitrogens with zero attached hydrogens (tertiary/aromatic N) is 2. The zero-order valence-electron chi connectivity index (χ0n) is 14.6. The predicted octanol–water partition coefficient (Wildman–Crippen LogP) is 2.93. The molecule has 130 valence electrons. The molecule has 0 aromatic carbocycles. The standard InChI is InChI=1S/C18H31N3O2/c1-3-5-10-19-18(20-11-8-17-7-6-13-23-17)21-12-9-16(14-21)15-22-4-2/h6-7,13,16H,3-5,8-12,14-15H2,1-2H3,(H,19,20). The number of ether oxygens (including phenoxy) is 1. The normalized spacial score (nSPS) is 18.6. The Labute approximate surface area is 140 Å². The van der Waals surface area contributed by atoms with Crippen LogP contribution in [0.25, 0.3) is 0 Å². The molecule has 0 spiro atoms. The molecule has 23 heavy (non-hydrogen) atoms. The van der Waals surface area contributed by atoms with Gasteiger partial charge in [0.15, 0.2) is 5.96 Å². The fourth-order valence-electron chi connectivity index (χ4n) is 2.81. The zero-order valence-corrected chi connectivity index (χ0v) is 14.6. The molecule has 2 heterocycles. The van der Waals surface area contributed by atoms with Crippen LogP contribution in [0.1, 0.15) is 38.9 Å². The lowest BCUT2D eigenvalue weighted by molar-refractivity contribution is 0.114. The summed E-state index contributed by atoms with van der Waals surface area (Å²) < 4.78 is 11.0. The van der Waals surface area contributed by atoms with Gasteiger partial charge in [-0.2, -0.15) is 0 Å². The zero-order chi connectivity index (χ0) is 16.3. The maximum Gasteiger partial charge on any atom is 0.193 e. The highest BCUT2D eigenvalue weighted by molar-refractivity contribution is 5.80. The number of hydrogen-bond acceptors (Lipinski definition) is 3. The molecule has 0 saturated carbocycles. The van der Waals surface area contributed by atoms with Gasteiger partial charge >= 0.3 is 0 Å². The Bertz CT molecular complexity index is 445. The number of guanidine groups is 1. The number of likely N-dealkylation sites (tertiary alicyclic amines) is 1. The third kappa shape index (κ3) is 6.26. The molecule has 1 fully saturated rings. The van der Waals surface area contributed by atoms with Crippen LogP contribution in [0.5, 0.6) is 0 Å². The average Bonchev–Trinajstić information content (AvgIpc) is 3.23. The molecule has 1 aliphatic rings. The van der Waals surface area contributed by atoms with Crippen molar-refractivity contribution in [3.8, 4) is 0 Å². The van der Waals surface area contributed by atoms with E-state index in [1.807, 2.05) is 12.1 Å². The van der Waals surface area contributed by atoms with Crippen molar-refractivity contribution in [1.29, 1.82) is 0 Å². The van der Waals surface area contributed by atoms with E-state index in [0.717, 1.165) is 64.0 Å². The first kappa shape index (κ1) is 17.9. The number of aliphatic imine (C=N–C) groups is 1. The lowest BCUT2D eigenvalue weighted by Gasteiger charge is -2.22. The third-order valence-corrected chi connectivity index (χ3v) is 4.15. The SMILES string of the molecule is CCCCN=C(NCCc1ccco1)N1CCC(COCC)C1. The van der Waals surface area contributed by atoms with Gasteiger partial charge in [-0.05, 0) is 31.9 Å². The second-order valence-electron chi connectivity index (χ2n) is 6.08. The van der Waals surface area contributed by atoms with Crippen LogP contribution in [0.4, 0.5) is 0 Å². The van der Waals surface area contributed by atoms with Crippen LogP contribution < -0.4 is 5.32 Å². The fourth-order valence-corrected chi connectivity index (χ4v) is 2.81. The van der Waals surface area contributed by atoms with Crippen LogP contribution in [0.15, 0.2) is 27.8 Å². The second kappa shape index (κ2) is 10.3. The van der Waals surface area contributed by atoms with Crippen LogP contribution in [-0.4, -0.2) is 50.3 Å². The van der Waals surface area contributed by atoms with Crippen molar-refractivity contribution in [3.05, 3.63) is 24.2 Å². The van der Waals surface area contributed by atoms with Gasteiger partial charge in [0, 0.05) is 45.1 Å². The van der Waals surface area contributed by atoms with Crippen molar-refractivity contribution in [1.82, 2.24) is 10.2 Å². The number of unbranched alkanes of at least 4 members (excludes halogenated alkanes) is 1. The first-order chi connectivity index (χ1) is 11.3. The van der Waals surface area contributed by atoms with Crippen molar-refractivity contribution in [2.45, 2.75) is 39.5 Å². The molecule has 0 aliphatic carbocycles. The lowest BCUT2D eigenvalue weighted by Crippen LogP contribution is -2.41. The smallest absolute Gasteiger partial charge is 0.193 e. The molecule has 1 saturated heterocycles. The van der Waals surface area contributed by atoms with E-state index in [9.17, 15) is 0 Å². The first-order valence-corrected chi connectivity index (χ1v) is 8.96. The van der Waals surface area contributed by atoms with Gasteiger partial charge in [0.1, 0.15) is 5.76 Å². The van der Waals surface area contributed by atoms with Gasteiger partial charge in [-0.25, -0.2) is 0 Å². The summed E-state index contributed by atoms with van der Waals surface area (Å²) in [5.41, 5.74) is 0. The van der Waals surface area contributed by atoms with E-state index in [1.165, 1.54) is 12.8 Å². The largest absolute Gasteiger partial charge is 0.469 e. The van der Waals surface area contributed by atoms with Crippen molar-refractivity contribution in [2.24, 2.45) is 10.9 Å². The van der Waals surface area contributed by atoms with E-state index < -0.39 is 0 Å². The highest BCUT2D eigenvalue weighted by atomic mass is 16.5. The molecule has 1 aliphatic heterocycles. The van der Waals surface area contributed by atoms with Gasteiger partial charge < -0.3 is 19.4 Å². The van der Waals surface area contributed by atoms with E-state index in [2.05, 4.69) is 24.1 Å². The van der Waals surface area contributed by atoms with Gasteiger partial charge in [0.05, 0.1) is 12.9 Å². The molecule has 2 rings (SSSR count). The number of rotatable bonds is 9. The summed E-state index contributed by atoms with van der Waals surface area (Å²) in [5.74, 6) is 2.68. The molecule has 1 aromatic rings. The molecule has 5 nitrogen and oxygen atoms in total. The second-order valence-corrected chi connectivity index (χ2v) is 6.08. The van der Waals surface area contributed by atoms with Crippen LogP contribution >= 0.6 is 0 Å². The van der Waals surface area contributed by atoms with Gasteiger partial charge in [-0.15, -0.1) is 0 Å². The predicted molar refractivity (Wildman–Crippen MR) is 93.8 cm³/mol. The lowest BCUT2D eigenvalue weighted by atomic mass is 10.1. The minimum atomic E-state index is 0.623. The fraction of sp³-hybridized carbons (Fsp3) is 0.722. The van der Waals surface area contributed by atoms with Gasteiger partial charge in [0.2, 0.25) is 0 Å². The molecular weight excluding hydrogens is 290 g/mol. The van der Waals surface area contributed by atoms with Crippen molar-refractivity contribution < 1.29 is 9.15 Å². The molecule has 1 aromatic heterocycles. The Morgan fingerprint density at radius 3 is 3.13 bits per heavy atom. The Kier molecular flexibility index (Phi) is 8.01. The summed E-state index contributed by atoms with van der Waals surface area (Å²) in [6.45, 7) is 9.78. The summed E-state index contributed by atoms with van der Waals surface area (Å²) >= 11 is 0. The molecule has 5 heteroatoms. The minimum Gasteiger partial charge on any atom is -0.469 e. The molecule has 1 atom stereocenters. The van der Waals surface area contributed by atoms with Gasteiger partial charge in [-0.3, -0.25) is 4.99 Å². The maximum atomic E-state index is 5.57. The van der Waals surface area contributed by atoms with Crippen LogP contribution in [-0.2, 0) is 11.2 Å². The van der Waals surface area contributed by atoms with E-state index in [0.29, 0.717) is 5.92 Å². The third-order valence-electron chi connectivity index (χ3n) is 4.15. The maximum absolute atomic E-state index is 5.57. The molecule has 0 radical (unpaired) electrons. The molecule has 0 bridgehead atoms. The summed E-state index contributed by atoms with van der Waals surface area (Å²) in [7, 11) is 0. The summed E-state index contributed by atoms with van der Waals surface area (Å²) in [5, 5.41) is 3.51. The summed E-state index contributed by atoms with van der Waals surface area (Å²) in [6.07, 6.45) is 6.11. The van der Waals surface area contributed by atoms with Crippen LogP contribution in [0.2, 0.25) is 0 Å². The molecule has 1 N–H and O–H groups in total. The van der Waals surface area contributed by atoms with Crippen molar-refractivity contribution in [3.63, 3.8) is 0 Å². The number of furan rings is 1. The molecular formula is C18H31N3O2. The monoisotopic (exact) mass is 321 g/mol. The van der Waals surface area contributed by atoms with Crippen molar-refractivity contribution in [2.75, 3.05) is 39.4 Å². The van der Waals surface area contributed by atoms with E-state index >= 15 is 0 Å². The topological polar surface area (TPSA) is 50.0 Å². The average molecular weight is 321 g/mol. The van der Waals surface area contributed by atoms with Gasteiger partial charge in [-0.1, -0.05) is 13.3 Å². The van der Waals surface area contributed by atoms with Gasteiger partial charge in [0.25, 0.3) is 0 Å². The Hall–Kier alpha value is -1.49. The summed E-state index contributed by atoms with van der Waals surface area (Å²) in [6, 6.07) is 3.95.